The van der Waals surface area contributed by atoms with E-state index in [2.05, 4.69) is 33.2 Å². The van der Waals surface area contributed by atoms with Crippen LogP contribution < -0.4 is 0 Å². The molecule has 0 aliphatic rings. The number of aryl methyl sites for hydroxylation is 1. The Kier molecular flexibility index (Phi) is 5.14. The van der Waals surface area contributed by atoms with Crippen molar-refractivity contribution in [2.75, 3.05) is 0 Å². The van der Waals surface area contributed by atoms with Crippen molar-refractivity contribution in [3.63, 3.8) is 0 Å². The second-order valence-electron chi connectivity index (χ2n) is 5.80. The maximum absolute atomic E-state index is 10.3. The van der Waals surface area contributed by atoms with Crippen molar-refractivity contribution < 1.29 is 4.79 Å². The molecule has 1 aromatic carbocycles. The summed E-state index contributed by atoms with van der Waals surface area (Å²) in [6, 6.07) is 8.37. The number of nitrogens with zero attached hydrogens (tertiary/aromatic N) is 2. The van der Waals surface area contributed by atoms with Gasteiger partial charge in [-0.05, 0) is 30.4 Å². The number of aromatic nitrogens is 3. The lowest BCUT2D eigenvalue weighted by atomic mass is 10.1. The van der Waals surface area contributed by atoms with Crippen LogP contribution in [0.3, 0.4) is 0 Å². The number of unbranched alkanes of at least 4 members (excludes halogenated alkanes) is 4. The third-order valence-corrected chi connectivity index (χ3v) is 4.07. The first kappa shape index (κ1) is 15.4. The molecule has 0 saturated heterocycles. The fraction of sp³-hybridized carbons (Fsp3) is 0.316. The molecule has 1 N–H and O–H groups in total. The molecule has 3 rings (SSSR count). The Hall–Kier alpha value is -2.49. The summed E-state index contributed by atoms with van der Waals surface area (Å²) in [6.45, 7) is 0. The molecule has 0 radical (unpaired) electrons. The summed E-state index contributed by atoms with van der Waals surface area (Å²) in [5.74, 6) is 1.03. The van der Waals surface area contributed by atoms with Crippen LogP contribution in [0.1, 0.15) is 37.9 Å². The van der Waals surface area contributed by atoms with Crippen molar-refractivity contribution >= 4 is 17.1 Å². The van der Waals surface area contributed by atoms with Crippen molar-refractivity contribution in [3.05, 3.63) is 48.7 Å². The van der Waals surface area contributed by atoms with E-state index >= 15 is 0 Å². The lowest BCUT2D eigenvalue weighted by Crippen LogP contribution is -1.89. The third kappa shape index (κ3) is 4.03. The molecule has 4 nitrogen and oxygen atoms in total. The van der Waals surface area contributed by atoms with Gasteiger partial charge in [-0.2, -0.15) is 0 Å². The Morgan fingerprint density at radius 1 is 1.00 bits per heavy atom. The number of hydrogen-bond donors (Lipinski definition) is 1. The molecular formula is C19H21N3O. The van der Waals surface area contributed by atoms with E-state index in [1.807, 2.05) is 24.7 Å². The third-order valence-electron chi connectivity index (χ3n) is 4.07. The molecule has 0 spiro atoms. The molecule has 118 valence electrons. The van der Waals surface area contributed by atoms with E-state index in [0.717, 1.165) is 60.9 Å². The number of fused-ring (bicyclic) bond motifs is 1. The molecule has 0 bridgehead atoms. The van der Waals surface area contributed by atoms with Crippen molar-refractivity contribution in [1.82, 2.24) is 15.0 Å². The normalized spacial score (nSPS) is 11.0. The van der Waals surface area contributed by atoms with Crippen LogP contribution in [0.15, 0.2) is 42.9 Å². The van der Waals surface area contributed by atoms with Crippen LogP contribution in [0.5, 0.6) is 0 Å². The van der Waals surface area contributed by atoms with E-state index in [1.165, 1.54) is 5.39 Å². The van der Waals surface area contributed by atoms with Gasteiger partial charge in [0.25, 0.3) is 0 Å². The number of rotatable bonds is 8. The highest BCUT2D eigenvalue weighted by atomic mass is 16.1. The highest BCUT2D eigenvalue weighted by Crippen LogP contribution is 2.23. The summed E-state index contributed by atoms with van der Waals surface area (Å²) in [7, 11) is 0. The predicted molar refractivity (Wildman–Crippen MR) is 92.2 cm³/mol. The number of hydrogen-bond acceptors (Lipinski definition) is 3. The minimum atomic E-state index is 0.683. The number of H-pyrrole nitrogens is 1. The average molecular weight is 307 g/mol. The van der Waals surface area contributed by atoms with E-state index in [-0.39, 0.29) is 0 Å². The van der Waals surface area contributed by atoms with Crippen molar-refractivity contribution in [2.45, 2.75) is 38.5 Å². The van der Waals surface area contributed by atoms with Gasteiger partial charge in [-0.3, -0.25) is 4.98 Å². The second-order valence-corrected chi connectivity index (χ2v) is 5.80. The monoisotopic (exact) mass is 307 g/mol. The van der Waals surface area contributed by atoms with Crippen LogP contribution >= 0.6 is 0 Å². The van der Waals surface area contributed by atoms with E-state index < -0.39 is 0 Å². The fourth-order valence-corrected chi connectivity index (χ4v) is 2.76. The van der Waals surface area contributed by atoms with E-state index in [9.17, 15) is 4.79 Å². The molecule has 0 aliphatic carbocycles. The maximum Gasteiger partial charge on any atom is 0.119 e. The van der Waals surface area contributed by atoms with E-state index in [0.29, 0.717) is 6.42 Å². The number of nitrogens with one attached hydrogen (secondary N) is 1. The molecule has 0 aliphatic heterocycles. The van der Waals surface area contributed by atoms with Gasteiger partial charge in [0.2, 0.25) is 0 Å². The first-order valence-corrected chi connectivity index (χ1v) is 8.18. The quantitative estimate of drug-likeness (QED) is 0.498. The molecule has 0 saturated carbocycles. The molecule has 3 aromatic rings. The summed E-state index contributed by atoms with van der Waals surface area (Å²) in [4.78, 5) is 22.3. The van der Waals surface area contributed by atoms with Crippen LogP contribution in [-0.4, -0.2) is 21.2 Å². The minimum absolute atomic E-state index is 0.683. The van der Waals surface area contributed by atoms with Crippen molar-refractivity contribution in [1.29, 1.82) is 0 Å². The van der Waals surface area contributed by atoms with Crippen molar-refractivity contribution in [2.24, 2.45) is 0 Å². The van der Waals surface area contributed by atoms with E-state index in [4.69, 9.17) is 0 Å². The summed E-state index contributed by atoms with van der Waals surface area (Å²) in [5, 5.41) is 2.33. The fourth-order valence-electron chi connectivity index (χ4n) is 2.76. The molecule has 23 heavy (non-hydrogen) atoms. The topological polar surface area (TPSA) is 58.6 Å². The van der Waals surface area contributed by atoms with Gasteiger partial charge in [-0.1, -0.05) is 25.0 Å². The van der Waals surface area contributed by atoms with Gasteiger partial charge in [0.05, 0.1) is 11.9 Å². The number of pyridine rings is 1. The molecule has 0 amide bonds. The summed E-state index contributed by atoms with van der Waals surface area (Å²) in [5.41, 5.74) is 2.20. The zero-order valence-electron chi connectivity index (χ0n) is 13.2. The van der Waals surface area contributed by atoms with Crippen LogP contribution in [0.2, 0.25) is 0 Å². The lowest BCUT2D eigenvalue weighted by molar-refractivity contribution is -0.107. The zero-order chi connectivity index (χ0) is 15.9. The van der Waals surface area contributed by atoms with Gasteiger partial charge in [0, 0.05) is 36.2 Å². The Balaban J connectivity index is 1.60. The van der Waals surface area contributed by atoms with Gasteiger partial charge in [-0.25, -0.2) is 4.98 Å². The molecule has 2 heterocycles. The van der Waals surface area contributed by atoms with E-state index in [1.54, 1.807) is 0 Å². The zero-order valence-corrected chi connectivity index (χ0v) is 13.2. The number of aldehydes is 1. The standard InChI is InChI=1S/C19H21N3O/c23-11-5-3-1-2-4-6-19-21-14-18(22-19)16-7-8-17-13-20-10-9-15(17)12-16/h7-14H,1-6H2,(H,21,22). The Labute approximate surface area is 136 Å². The number of imidazole rings is 1. The van der Waals surface area contributed by atoms with Gasteiger partial charge in [0.1, 0.15) is 12.1 Å². The lowest BCUT2D eigenvalue weighted by Gasteiger charge is -2.01. The summed E-state index contributed by atoms with van der Waals surface area (Å²) < 4.78 is 0. The Morgan fingerprint density at radius 2 is 1.91 bits per heavy atom. The van der Waals surface area contributed by atoms with Gasteiger partial charge in [-0.15, -0.1) is 0 Å². The first-order chi connectivity index (χ1) is 11.4. The maximum atomic E-state index is 10.3. The number of benzene rings is 1. The summed E-state index contributed by atoms with van der Waals surface area (Å²) >= 11 is 0. The largest absolute Gasteiger partial charge is 0.342 e. The molecule has 0 fully saturated rings. The van der Waals surface area contributed by atoms with Gasteiger partial charge in [0.15, 0.2) is 0 Å². The van der Waals surface area contributed by atoms with Gasteiger partial charge >= 0.3 is 0 Å². The Morgan fingerprint density at radius 3 is 2.83 bits per heavy atom. The van der Waals surface area contributed by atoms with Crippen LogP contribution in [0.25, 0.3) is 22.0 Å². The Bertz CT molecular complexity index is 779. The number of carbonyl (C=O) groups excluding carboxylic acids is 1. The number of carbonyl (C=O) groups is 1. The molecule has 4 heteroatoms. The number of aromatic amines is 1. The van der Waals surface area contributed by atoms with Crippen LogP contribution in [-0.2, 0) is 11.2 Å². The minimum Gasteiger partial charge on any atom is -0.342 e. The SMILES string of the molecule is O=CCCCCCCc1ncc(-c2ccc3cnccc3c2)[nH]1. The highest BCUT2D eigenvalue weighted by Gasteiger charge is 2.04. The van der Waals surface area contributed by atoms with Crippen LogP contribution in [0.4, 0.5) is 0 Å². The molecular weight excluding hydrogens is 286 g/mol. The predicted octanol–water partition coefficient (Wildman–Crippen LogP) is 4.32. The first-order valence-electron chi connectivity index (χ1n) is 8.18. The van der Waals surface area contributed by atoms with Gasteiger partial charge < -0.3 is 9.78 Å². The van der Waals surface area contributed by atoms with Crippen molar-refractivity contribution in [3.8, 4) is 11.3 Å². The second kappa shape index (κ2) is 7.68. The average Bonchev–Trinajstić information content (AvgIpc) is 3.06. The molecule has 2 aromatic heterocycles. The smallest absolute Gasteiger partial charge is 0.119 e. The molecule has 0 atom stereocenters. The van der Waals surface area contributed by atoms with Crippen LogP contribution in [0, 0.1) is 0 Å². The summed E-state index contributed by atoms with van der Waals surface area (Å²) in [6.07, 6.45) is 12.6. The molecule has 0 unspecified atom stereocenters. The highest BCUT2D eigenvalue weighted by molar-refractivity contribution is 5.85.